The van der Waals surface area contributed by atoms with E-state index in [1.165, 1.54) is 0 Å². The van der Waals surface area contributed by atoms with E-state index in [1.807, 2.05) is 30.3 Å². The van der Waals surface area contributed by atoms with Crippen molar-refractivity contribution >= 4 is 11.9 Å². The third-order valence-electron chi connectivity index (χ3n) is 3.43. The van der Waals surface area contributed by atoms with Crippen LogP contribution in [0.25, 0.3) is 0 Å². The molecule has 1 aliphatic rings. The molecule has 5 nitrogen and oxygen atoms in total. The van der Waals surface area contributed by atoms with Crippen molar-refractivity contribution in [3.63, 3.8) is 0 Å². The second-order valence-corrected chi connectivity index (χ2v) is 4.98. The Kier molecular flexibility index (Phi) is 5.12. The molecule has 2 rings (SSSR count). The SMILES string of the molecule is O=C(O)CC(NC(=O)C1CCCOC1)c1ccccc1. The van der Waals surface area contributed by atoms with Gasteiger partial charge in [0.25, 0.3) is 0 Å². The lowest BCUT2D eigenvalue weighted by Crippen LogP contribution is -2.38. The average Bonchev–Trinajstić information content (AvgIpc) is 2.48. The number of hydrogen-bond donors (Lipinski definition) is 2. The number of ether oxygens (including phenoxy) is 1. The van der Waals surface area contributed by atoms with Gasteiger partial charge < -0.3 is 15.2 Å². The summed E-state index contributed by atoms with van der Waals surface area (Å²) in [5.41, 5.74) is 0.806. The lowest BCUT2D eigenvalue weighted by molar-refractivity contribution is -0.138. The number of carbonyl (C=O) groups excluding carboxylic acids is 1. The Morgan fingerprint density at radius 3 is 2.70 bits per heavy atom. The van der Waals surface area contributed by atoms with Crippen LogP contribution < -0.4 is 5.32 Å². The Hall–Kier alpha value is -1.88. The van der Waals surface area contributed by atoms with E-state index in [1.54, 1.807) is 0 Å². The monoisotopic (exact) mass is 277 g/mol. The van der Waals surface area contributed by atoms with Gasteiger partial charge in [-0.2, -0.15) is 0 Å². The van der Waals surface area contributed by atoms with Crippen LogP contribution in [0.4, 0.5) is 0 Å². The first-order chi connectivity index (χ1) is 9.66. The Balaban J connectivity index is 2.03. The number of carboxylic acid groups (broad SMARTS) is 1. The molecule has 1 aromatic carbocycles. The number of hydrogen-bond acceptors (Lipinski definition) is 3. The minimum atomic E-state index is -0.931. The smallest absolute Gasteiger partial charge is 0.305 e. The van der Waals surface area contributed by atoms with Crippen molar-refractivity contribution in [2.45, 2.75) is 25.3 Å². The van der Waals surface area contributed by atoms with Crippen molar-refractivity contribution in [2.75, 3.05) is 13.2 Å². The molecular weight excluding hydrogens is 258 g/mol. The van der Waals surface area contributed by atoms with Gasteiger partial charge in [-0.25, -0.2) is 0 Å². The predicted molar refractivity (Wildman–Crippen MR) is 73.1 cm³/mol. The van der Waals surface area contributed by atoms with E-state index in [2.05, 4.69) is 5.32 Å². The fraction of sp³-hybridized carbons (Fsp3) is 0.467. The molecule has 2 N–H and O–H groups in total. The number of carboxylic acids is 1. The fourth-order valence-electron chi connectivity index (χ4n) is 2.35. The number of benzene rings is 1. The molecule has 1 fully saturated rings. The van der Waals surface area contributed by atoms with E-state index in [0.29, 0.717) is 13.2 Å². The van der Waals surface area contributed by atoms with Crippen LogP contribution in [0.15, 0.2) is 30.3 Å². The highest BCUT2D eigenvalue weighted by Gasteiger charge is 2.25. The first-order valence-electron chi connectivity index (χ1n) is 6.81. The Labute approximate surface area is 117 Å². The minimum absolute atomic E-state index is 0.122. The minimum Gasteiger partial charge on any atom is -0.481 e. The largest absolute Gasteiger partial charge is 0.481 e. The third-order valence-corrected chi connectivity index (χ3v) is 3.43. The van der Waals surface area contributed by atoms with E-state index >= 15 is 0 Å². The van der Waals surface area contributed by atoms with E-state index in [0.717, 1.165) is 18.4 Å². The lowest BCUT2D eigenvalue weighted by Gasteiger charge is -2.24. The molecule has 108 valence electrons. The van der Waals surface area contributed by atoms with Crippen molar-refractivity contribution < 1.29 is 19.4 Å². The molecule has 0 saturated carbocycles. The summed E-state index contributed by atoms with van der Waals surface area (Å²) in [7, 11) is 0. The molecule has 0 bridgehead atoms. The first-order valence-corrected chi connectivity index (χ1v) is 6.81. The highest BCUT2D eigenvalue weighted by Crippen LogP contribution is 2.19. The van der Waals surface area contributed by atoms with E-state index < -0.39 is 12.0 Å². The zero-order valence-corrected chi connectivity index (χ0v) is 11.2. The molecule has 2 atom stereocenters. The van der Waals surface area contributed by atoms with E-state index in [9.17, 15) is 9.59 Å². The predicted octanol–water partition coefficient (Wildman–Crippen LogP) is 1.75. The Morgan fingerprint density at radius 1 is 1.35 bits per heavy atom. The zero-order chi connectivity index (χ0) is 14.4. The normalized spacial score (nSPS) is 20.1. The van der Waals surface area contributed by atoms with Gasteiger partial charge in [0, 0.05) is 6.61 Å². The summed E-state index contributed by atoms with van der Waals surface area (Å²) in [5, 5.41) is 11.8. The molecule has 0 aromatic heterocycles. The molecule has 1 heterocycles. The molecule has 1 amide bonds. The van der Waals surface area contributed by atoms with Crippen molar-refractivity contribution in [3.05, 3.63) is 35.9 Å². The molecular formula is C15H19NO4. The van der Waals surface area contributed by atoms with Gasteiger partial charge in [0.2, 0.25) is 5.91 Å². The molecule has 0 aliphatic carbocycles. The molecule has 2 unspecified atom stereocenters. The van der Waals surface area contributed by atoms with Gasteiger partial charge in [-0.3, -0.25) is 9.59 Å². The topological polar surface area (TPSA) is 75.6 Å². The van der Waals surface area contributed by atoms with Crippen LogP contribution >= 0.6 is 0 Å². The van der Waals surface area contributed by atoms with Crippen molar-refractivity contribution in [3.8, 4) is 0 Å². The van der Waals surface area contributed by atoms with Crippen LogP contribution in [0.3, 0.4) is 0 Å². The zero-order valence-electron chi connectivity index (χ0n) is 11.2. The van der Waals surface area contributed by atoms with Crippen LogP contribution in [-0.2, 0) is 14.3 Å². The van der Waals surface area contributed by atoms with E-state index in [4.69, 9.17) is 9.84 Å². The summed E-state index contributed by atoms with van der Waals surface area (Å²) < 4.78 is 5.29. The molecule has 1 aliphatic heterocycles. The second kappa shape index (κ2) is 7.05. The highest BCUT2D eigenvalue weighted by molar-refractivity contribution is 5.80. The standard InChI is InChI=1S/C15H19NO4/c17-14(18)9-13(11-5-2-1-3-6-11)16-15(19)12-7-4-8-20-10-12/h1-3,5-6,12-13H,4,7-10H2,(H,16,19)(H,17,18). The van der Waals surface area contributed by atoms with Crippen molar-refractivity contribution in [1.82, 2.24) is 5.32 Å². The molecule has 20 heavy (non-hydrogen) atoms. The third kappa shape index (κ3) is 4.06. The van der Waals surface area contributed by atoms with Gasteiger partial charge in [-0.1, -0.05) is 30.3 Å². The van der Waals surface area contributed by atoms with Gasteiger partial charge in [0.1, 0.15) is 0 Å². The number of nitrogens with one attached hydrogen (secondary N) is 1. The molecule has 0 spiro atoms. The summed E-state index contributed by atoms with van der Waals surface area (Å²) in [6, 6.07) is 8.68. The van der Waals surface area contributed by atoms with Gasteiger partial charge in [0.15, 0.2) is 0 Å². The number of rotatable bonds is 5. The highest BCUT2D eigenvalue weighted by atomic mass is 16.5. The van der Waals surface area contributed by atoms with Gasteiger partial charge >= 0.3 is 5.97 Å². The Bertz CT molecular complexity index is 454. The molecule has 1 saturated heterocycles. The fourth-order valence-corrected chi connectivity index (χ4v) is 2.35. The maximum atomic E-state index is 12.2. The van der Waals surface area contributed by atoms with Crippen LogP contribution in [0, 0.1) is 5.92 Å². The lowest BCUT2D eigenvalue weighted by atomic mass is 9.98. The van der Waals surface area contributed by atoms with Crippen molar-refractivity contribution in [2.24, 2.45) is 5.92 Å². The van der Waals surface area contributed by atoms with Crippen LogP contribution in [-0.4, -0.2) is 30.2 Å². The van der Waals surface area contributed by atoms with Crippen LogP contribution in [0.5, 0.6) is 0 Å². The van der Waals surface area contributed by atoms with Gasteiger partial charge in [-0.15, -0.1) is 0 Å². The Morgan fingerprint density at radius 2 is 2.10 bits per heavy atom. The summed E-state index contributed by atoms with van der Waals surface area (Å²) >= 11 is 0. The summed E-state index contributed by atoms with van der Waals surface area (Å²) in [6.07, 6.45) is 1.54. The summed E-state index contributed by atoms with van der Waals surface area (Å²) in [5.74, 6) is -1.23. The van der Waals surface area contributed by atoms with Gasteiger partial charge in [0.05, 0.1) is 25.0 Å². The van der Waals surface area contributed by atoms with Gasteiger partial charge in [-0.05, 0) is 18.4 Å². The molecule has 5 heteroatoms. The second-order valence-electron chi connectivity index (χ2n) is 4.98. The quantitative estimate of drug-likeness (QED) is 0.859. The summed E-state index contributed by atoms with van der Waals surface area (Å²) in [6.45, 7) is 1.11. The summed E-state index contributed by atoms with van der Waals surface area (Å²) in [4.78, 5) is 23.1. The number of amides is 1. The molecule has 0 radical (unpaired) electrons. The van der Waals surface area contributed by atoms with Crippen LogP contribution in [0.1, 0.15) is 30.9 Å². The maximum absolute atomic E-state index is 12.2. The average molecular weight is 277 g/mol. The van der Waals surface area contributed by atoms with E-state index in [-0.39, 0.29) is 18.2 Å². The number of aliphatic carboxylic acids is 1. The molecule has 1 aromatic rings. The number of carbonyl (C=O) groups is 2. The first kappa shape index (κ1) is 14.5. The van der Waals surface area contributed by atoms with Crippen LogP contribution in [0.2, 0.25) is 0 Å². The van der Waals surface area contributed by atoms with Crippen molar-refractivity contribution in [1.29, 1.82) is 0 Å². The maximum Gasteiger partial charge on any atom is 0.305 e.